The van der Waals surface area contributed by atoms with Gasteiger partial charge in [0.1, 0.15) is 0 Å². The van der Waals surface area contributed by atoms with Crippen LogP contribution in [0.2, 0.25) is 0 Å². The minimum Gasteiger partial charge on any atom is -0.354 e. The molecule has 0 radical (unpaired) electrons. The summed E-state index contributed by atoms with van der Waals surface area (Å²) in [6, 6.07) is 44.6. The summed E-state index contributed by atoms with van der Waals surface area (Å²) in [4.78, 5) is 3.75. The van der Waals surface area contributed by atoms with Crippen molar-refractivity contribution in [3.63, 3.8) is 0 Å². The van der Waals surface area contributed by atoms with Crippen LogP contribution < -0.4 is 0 Å². The number of nitrogens with zero attached hydrogens (tertiary/aromatic N) is 1. The van der Waals surface area contributed by atoms with E-state index in [4.69, 9.17) is 0 Å². The fourth-order valence-corrected chi connectivity index (χ4v) is 7.04. The fraction of sp³-hybridized carbons (Fsp3) is 0.0500. The van der Waals surface area contributed by atoms with Crippen LogP contribution in [0.1, 0.15) is 18.4 Å². The minimum absolute atomic E-state index is 1.08. The molecule has 42 heavy (non-hydrogen) atoms. The van der Waals surface area contributed by atoms with E-state index in [-0.39, 0.29) is 0 Å². The standard InChI is InChI=1S/C40H28N2/c1-2-10-26(11-3-1)28-13-8-14-30(24-28)42-37-19-7-6-16-33(37)34-22-21-29(25-38(34)42)31-17-9-18-36-39(31)35-23-20-27-12-4-5-15-32(27)40(35)41-36/h1-2,4-10,12-25,41H,3,11H2. The summed E-state index contributed by atoms with van der Waals surface area (Å²) >= 11 is 0. The third-order valence-electron chi connectivity index (χ3n) is 9.00. The molecular weight excluding hydrogens is 508 g/mol. The number of hydrogen-bond acceptors (Lipinski definition) is 0. The average molecular weight is 537 g/mol. The smallest absolute Gasteiger partial charge is 0.0547 e. The number of fused-ring (bicyclic) bond motifs is 8. The van der Waals surface area contributed by atoms with Gasteiger partial charge in [0.15, 0.2) is 0 Å². The van der Waals surface area contributed by atoms with Gasteiger partial charge in [-0.05, 0) is 70.8 Å². The number of nitrogens with one attached hydrogen (secondary N) is 1. The summed E-state index contributed by atoms with van der Waals surface area (Å²) in [6.45, 7) is 0. The van der Waals surface area contributed by atoms with Gasteiger partial charge in [0, 0.05) is 38.1 Å². The second-order valence-corrected chi connectivity index (χ2v) is 11.4. The van der Waals surface area contributed by atoms with E-state index in [1.807, 2.05) is 0 Å². The monoisotopic (exact) mass is 536 g/mol. The first-order valence-corrected chi connectivity index (χ1v) is 14.8. The Bertz CT molecular complexity index is 2410. The molecule has 9 rings (SSSR count). The van der Waals surface area contributed by atoms with Crippen molar-refractivity contribution in [2.45, 2.75) is 12.8 Å². The topological polar surface area (TPSA) is 20.7 Å². The zero-order valence-corrected chi connectivity index (χ0v) is 23.1. The maximum Gasteiger partial charge on any atom is 0.0547 e. The van der Waals surface area contributed by atoms with E-state index in [1.165, 1.54) is 82.3 Å². The lowest BCUT2D eigenvalue weighted by molar-refractivity contribution is 1.05. The molecule has 0 fully saturated rings. The second kappa shape index (κ2) is 9.09. The molecule has 2 nitrogen and oxygen atoms in total. The van der Waals surface area contributed by atoms with Crippen LogP contribution in [0.3, 0.4) is 0 Å². The van der Waals surface area contributed by atoms with E-state index in [9.17, 15) is 0 Å². The van der Waals surface area contributed by atoms with Crippen molar-refractivity contribution in [2.24, 2.45) is 0 Å². The zero-order chi connectivity index (χ0) is 27.6. The maximum absolute atomic E-state index is 3.75. The molecule has 1 N–H and O–H groups in total. The summed E-state index contributed by atoms with van der Waals surface area (Å²) in [6.07, 6.45) is 8.88. The SMILES string of the molecule is C1=CCCC(c2cccc(-n3c4ccccc4c4ccc(-c5cccc6[nH]c7c8ccccc8ccc7c56)cc43)c2)=C1. The van der Waals surface area contributed by atoms with E-state index in [2.05, 4.69) is 149 Å². The van der Waals surface area contributed by atoms with Gasteiger partial charge in [-0.1, -0.05) is 109 Å². The van der Waals surface area contributed by atoms with Gasteiger partial charge in [-0.15, -0.1) is 0 Å². The Labute approximate surface area is 243 Å². The Kier molecular flexibility index (Phi) is 5.06. The largest absolute Gasteiger partial charge is 0.354 e. The molecule has 2 heterocycles. The Balaban J connectivity index is 1.30. The number of H-pyrrole nitrogens is 1. The van der Waals surface area contributed by atoms with Gasteiger partial charge in [0.25, 0.3) is 0 Å². The van der Waals surface area contributed by atoms with Crippen molar-refractivity contribution in [2.75, 3.05) is 0 Å². The first-order chi connectivity index (χ1) is 20.8. The van der Waals surface area contributed by atoms with Crippen LogP contribution in [-0.2, 0) is 0 Å². The molecule has 0 unspecified atom stereocenters. The number of hydrogen-bond donors (Lipinski definition) is 1. The molecule has 1 aliphatic rings. The number of benzene rings is 6. The van der Waals surface area contributed by atoms with Crippen molar-refractivity contribution >= 4 is 60.0 Å². The third-order valence-corrected chi connectivity index (χ3v) is 9.00. The first-order valence-electron chi connectivity index (χ1n) is 14.8. The normalized spacial score (nSPS) is 13.6. The molecule has 0 spiro atoms. The van der Waals surface area contributed by atoms with Crippen molar-refractivity contribution in [1.29, 1.82) is 0 Å². The lowest BCUT2D eigenvalue weighted by atomic mass is 9.97. The van der Waals surface area contributed by atoms with Gasteiger partial charge in [-0.2, -0.15) is 0 Å². The zero-order valence-electron chi connectivity index (χ0n) is 23.1. The Morgan fingerprint density at radius 2 is 1.43 bits per heavy atom. The number of aromatic nitrogens is 2. The molecule has 8 aromatic rings. The second-order valence-electron chi connectivity index (χ2n) is 11.4. The molecule has 0 amide bonds. The number of aromatic amines is 1. The molecule has 2 aromatic heterocycles. The highest BCUT2D eigenvalue weighted by atomic mass is 15.0. The Morgan fingerprint density at radius 3 is 2.36 bits per heavy atom. The average Bonchev–Trinajstić information content (AvgIpc) is 3.61. The van der Waals surface area contributed by atoms with E-state index in [0.29, 0.717) is 0 Å². The molecule has 2 heteroatoms. The van der Waals surface area contributed by atoms with Crippen LogP contribution in [-0.4, -0.2) is 9.55 Å². The minimum atomic E-state index is 1.08. The Morgan fingerprint density at radius 1 is 0.595 bits per heavy atom. The van der Waals surface area contributed by atoms with Gasteiger partial charge in [-0.25, -0.2) is 0 Å². The highest BCUT2D eigenvalue weighted by Crippen LogP contribution is 2.40. The molecule has 6 aromatic carbocycles. The molecule has 0 atom stereocenters. The van der Waals surface area contributed by atoms with E-state index < -0.39 is 0 Å². The lowest BCUT2D eigenvalue weighted by Gasteiger charge is -2.14. The van der Waals surface area contributed by atoms with Crippen LogP contribution in [0, 0.1) is 0 Å². The van der Waals surface area contributed by atoms with Gasteiger partial charge in [0.05, 0.1) is 16.6 Å². The van der Waals surface area contributed by atoms with E-state index in [0.717, 1.165) is 12.8 Å². The lowest BCUT2D eigenvalue weighted by Crippen LogP contribution is -1.96. The fourth-order valence-electron chi connectivity index (χ4n) is 7.04. The van der Waals surface area contributed by atoms with Crippen molar-refractivity contribution in [3.05, 3.63) is 145 Å². The molecule has 0 saturated heterocycles. The highest BCUT2D eigenvalue weighted by Gasteiger charge is 2.17. The van der Waals surface area contributed by atoms with Crippen molar-refractivity contribution < 1.29 is 0 Å². The summed E-state index contributed by atoms with van der Waals surface area (Å²) in [7, 11) is 0. The highest BCUT2D eigenvalue weighted by molar-refractivity contribution is 6.21. The summed E-state index contributed by atoms with van der Waals surface area (Å²) in [5, 5.41) is 7.61. The maximum atomic E-state index is 3.75. The van der Waals surface area contributed by atoms with Crippen LogP contribution >= 0.6 is 0 Å². The van der Waals surface area contributed by atoms with Crippen LogP contribution in [0.15, 0.2) is 140 Å². The summed E-state index contributed by atoms with van der Waals surface area (Å²) < 4.78 is 2.44. The van der Waals surface area contributed by atoms with Crippen LogP contribution in [0.5, 0.6) is 0 Å². The number of rotatable bonds is 3. The van der Waals surface area contributed by atoms with Gasteiger partial charge >= 0.3 is 0 Å². The van der Waals surface area contributed by atoms with E-state index in [1.54, 1.807) is 0 Å². The van der Waals surface area contributed by atoms with Gasteiger partial charge in [0.2, 0.25) is 0 Å². The number of para-hydroxylation sites is 1. The predicted octanol–water partition coefficient (Wildman–Crippen LogP) is 11.0. The molecule has 0 bridgehead atoms. The van der Waals surface area contributed by atoms with Gasteiger partial charge < -0.3 is 9.55 Å². The summed E-state index contributed by atoms with van der Waals surface area (Å²) in [5.41, 5.74) is 11.2. The molecular formula is C40H28N2. The first kappa shape index (κ1) is 23.4. The van der Waals surface area contributed by atoms with E-state index >= 15 is 0 Å². The van der Waals surface area contributed by atoms with Crippen LogP contribution in [0.4, 0.5) is 0 Å². The Hall–Kier alpha value is -5.34. The predicted molar refractivity (Wildman–Crippen MR) is 179 cm³/mol. The van der Waals surface area contributed by atoms with Crippen LogP contribution in [0.25, 0.3) is 76.8 Å². The third kappa shape index (κ3) is 3.45. The van der Waals surface area contributed by atoms with Gasteiger partial charge in [-0.3, -0.25) is 0 Å². The molecule has 1 aliphatic carbocycles. The molecule has 0 saturated carbocycles. The quantitative estimate of drug-likeness (QED) is 0.232. The van der Waals surface area contributed by atoms with Crippen molar-refractivity contribution in [1.82, 2.24) is 9.55 Å². The molecule has 198 valence electrons. The molecule has 0 aliphatic heterocycles. The number of allylic oxidation sites excluding steroid dienone is 4. The van der Waals surface area contributed by atoms with Crippen molar-refractivity contribution in [3.8, 4) is 16.8 Å². The summed E-state index contributed by atoms with van der Waals surface area (Å²) in [5.74, 6) is 0.